The number of carboxylic acid groups (broad SMARTS) is 1. The molecule has 0 aliphatic heterocycles. The highest BCUT2D eigenvalue weighted by Crippen LogP contribution is 2.25. The lowest BCUT2D eigenvalue weighted by molar-refractivity contribution is -0.136. The fourth-order valence-electron chi connectivity index (χ4n) is 2.44. The summed E-state index contributed by atoms with van der Waals surface area (Å²) in [5.41, 5.74) is 1.33. The van der Waals surface area contributed by atoms with E-state index >= 15 is 0 Å². The second kappa shape index (κ2) is 8.24. The summed E-state index contributed by atoms with van der Waals surface area (Å²) in [4.78, 5) is 24.2. The van der Waals surface area contributed by atoms with Crippen molar-refractivity contribution in [3.8, 4) is 0 Å². The Hall–Kier alpha value is -3.22. The highest BCUT2D eigenvalue weighted by atomic mass is 19.1. The molecule has 0 saturated heterocycles. The van der Waals surface area contributed by atoms with Crippen molar-refractivity contribution in [2.45, 2.75) is 12.5 Å². The van der Waals surface area contributed by atoms with Crippen LogP contribution in [0.3, 0.4) is 0 Å². The van der Waals surface area contributed by atoms with E-state index in [0.717, 1.165) is 5.56 Å². The molecule has 0 heterocycles. The summed E-state index contributed by atoms with van der Waals surface area (Å²) in [5.74, 6) is -4.27. The second-order valence-electron chi connectivity index (χ2n) is 5.68. The van der Waals surface area contributed by atoms with Gasteiger partial charge in [0.2, 0.25) is 5.76 Å². The van der Waals surface area contributed by atoms with Crippen molar-refractivity contribution in [2.24, 2.45) is 0 Å². The molecule has 2 aromatic rings. The molecule has 1 unspecified atom stereocenters. The number of aliphatic hydroxyl groups is 1. The molecule has 0 radical (unpaired) electrons. The zero-order valence-electron chi connectivity index (χ0n) is 13.9. The zero-order chi connectivity index (χ0) is 19.3. The Kier molecular flexibility index (Phi) is 6.06. The van der Waals surface area contributed by atoms with Gasteiger partial charge in [0, 0.05) is 7.05 Å². The summed E-state index contributed by atoms with van der Waals surface area (Å²) in [6.07, 6.45) is 0.888. The molecule has 136 valence electrons. The largest absolute Gasteiger partial charge is 0.502 e. The lowest BCUT2D eigenvalue weighted by Gasteiger charge is -2.28. The van der Waals surface area contributed by atoms with Crippen LogP contribution in [0.15, 0.2) is 60.4 Å². The van der Waals surface area contributed by atoms with E-state index in [9.17, 15) is 23.5 Å². The van der Waals surface area contributed by atoms with Crippen LogP contribution in [0, 0.1) is 11.6 Å². The van der Waals surface area contributed by atoms with E-state index in [0.29, 0.717) is 11.6 Å². The average molecular weight is 361 g/mol. The maximum absolute atomic E-state index is 13.2. The van der Waals surface area contributed by atoms with Crippen molar-refractivity contribution in [1.82, 2.24) is 4.90 Å². The molecule has 1 atom stereocenters. The minimum absolute atomic E-state index is 0.288. The van der Waals surface area contributed by atoms with Crippen molar-refractivity contribution in [1.29, 1.82) is 0 Å². The first kappa shape index (κ1) is 19.1. The van der Waals surface area contributed by atoms with Crippen molar-refractivity contribution >= 4 is 11.9 Å². The van der Waals surface area contributed by atoms with Crippen LogP contribution in [0.4, 0.5) is 8.78 Å². The number of carbonyl (C=O) groups is 2. The number of aliphatic carboxylic acids is 1. The monoisotopic (exact) mass is 361 g/mol. The molecule has 0 aromatic heterocycles. The Morgan fingerprint density at radius 1 is 1.00 bits per heavy atom. The third-order valence-corrected chi connectivity index (χ3v) is 3.89. The zero-order valence-corrected chi connectivity index (χ0v) is 13.9. The van der Waals surface area contributed by atoms with E-state index in [1.165, 1.54) is 48.3 Å². The predicted molar refractivity (Wildman–Crippen MR) is 90.4 cm³/mol. The van der Waals surface area contributed by atoms with Gasteiger partial charge in [0.15, 0.2) is 0 Å². The van der Waals surface area contributed by atoms with Gasteiger partial charge in [0.05, 0.1) is 12.1 Å². The van der Waals surface area contributed by atoms with Crippen molar-refractivity contribution in [2.75, 3.05) is 7.05 Å². The predicted octanol–water partition coefficient (Wildman–Crippen LogP) is 3.23. The number of hydrogen-bond donors (Lipinski definition) is 2. The second-order valence-corrected chi connectivity index (χ2v) is 5.68. The van der Waals surface area contributed by atoms with Gasteiger partial charge in [0.25, 0.3) is 5.91 Å². The lowest BCUT2D eigenvalue weighted by Crippen LogP contribution is -2.32. The van der Waals surface area contributed by atoms with E-state index in [1.807, 2.05) is 0 Å². The van der Waals surface area contributed by atoms with E-state index in [1.54, 1.807) is 12.1 Å². The van der Waals surface area contributed by atoms with Crippen LogP contribution in [0.25, 0.3) is 0 Å². The molecule has 0 spiro atoms. The first-order valence-corrected chi connectivity index (χ1v) is 7.68. The van der Waals surface area contributed by atoms with Crippen LogP contribution in [0.1, 0.15) is 17.2 Å². The molecule has 0 bridgehead atoms. The topological polar surface area (TPSA) is 77.8 Å². The maximum atomic E-state index is 13.2. The van der Waals surface area contributed by atoms with Crippen LogP contribution in [0.2, 0.25) is 0 Å². The SMILES string of the molecule is CN(C(=O)/C=C(\O)C(=O)O)C(Cc1ccc(F)cc1)c1ccc(F)cc1. The Morgan fingerprint density at radius 3 is 2.00 bits per heavy atom. The van der Waals surface area contributed by atoms with E-state index < -0.39 is 35.3 Å². The van der Waals surface area contributed by atoms with Gasteiger partial charge in [-0.1, -0.05) is 24.3 Å². The molecular weight excluding hydrogens is 344 g/mol. The van der Waals surface area contributed by atoms with Gasteiger partial charge >= 0.3 is 5.97 Å². The smallest absolute Gasteiger partial charge is 0.371 e. The van der Waals surface area contributed by atoms with Crippen molar-refractivity contribution in [3.63, 3.8) is 0 Å². The van der Waals surface area contributed by atoms with Gasteiger partial charge in [-0.25, -0.2) is 13.6 Å². The van der Waals surface area contributed by atoms with Gasteiger partial charge in [0.1, 0.15) is 11.6 Å². The summed E-state index contributed by atoms with van der Waals surface area (Å²) >= 11 is 0. The van der Waals surface area contributed by atoms with Crippen LogP contribution < -0.4 is 0 Å². The van der Waals surface area contributed by atoms with E-state index in [-0.39, 0.29) is 6.42 Å². The van der Waals surface area contributed by atoms with Gasteiger partial charge in [-0.2, -0.15) is 0 Å². The average Bonchev–Trinajstić information content (AvgIpc) is 2.61. The summed E-state index contributed by atoms with van der Waals surface area (Å²) in [5, 5.41) is 18.0. The number of carbonyl (C=O) groups excluding carboxylic acids is 1. The van der Waals surface area contributed by atoms with Crippen molar-refractivity contribution < 1.29 is 28.6 Å². The number of nitrogens with zero attached hydrogens (tertiary/aromatic N) is 1. The quantitative estimate of drug-likeness (QED) is 0.612. The highest BCUT2D eigenvalue weighted by molar-refractivity contribution is 5.96. The van der Waals surface area contributed by atoms with Gasteiger partial charge in [-0.3, -0.25) is 4.79 Å². The lowest BCUT2D eigenvalue weighted by atomic mass is 9.97. The van der Waals surface area contributed by atoms with Crippen LogP contribution in [-0.2, 0) is 16.0 Å². The number of likely N-dealkylation sites (N-methyl/N-ethyl adjacent to an activating group) is 1. The van der Waals surface area contributed by atoms with Crippen LogP contribution in [-0.4, -0.2) is 34.0 Å². The number of halogens is 2. The fraction of sp³-hybridized carbons (Fsp3) is 0.158. The minimum atomic E-state index is -1.62. The molecular formula is C19H17F2NO4. The molecule has 2 N–H and O–H groups in total. The first-order chi connectivity index (χ1) is 12.3. The van der Waals surface area contributed by atoms with Crippen LogP contribution >= 0.6 is 0 Å². The Balaban J connectivity index is 2.34. The summed E-state index contributed by atoms with van der Waals surface area (Å²) < 4.78 is 26.3. The fourth-order valence-corrected chi connectivity index (χ4v) is 2.44. The van der Waals surface area contributed by atoms with Gasteiger partial charge < -0.3 is 15.1 Å². The summed E-state index contributed by atoms with van der Waals surface area (Å²) in [7, 11) is 1.44. The number of carboxylic acids is 1. The Morgan fingerprint density at radius 2 is 1.50 bits per heavy atom. The molecule has 2 aromatic carbocycles. The minimum Gasteiger partial charge on any atom is -0.502 e. The number of aliphatic hydroxyl groups excluding tert-OH is 1. The van der Waals surface area contributed by atoms with Gasteiger partial charge in [-0.15, -0.1) is 0 Å². The molecule has 7 heteroatoms. The normalized spacial score (nSPS) is 12.5. The van der Waals surface area contributed by atoms with Crippen molar-refractivity contribution in [3.05, 3.63) is 83.1 Å². The van der Waals surface area contributed by atoms with Gasteiger partial charge in [-0.05, 0) is 41.8 Å². The third kappa shape index (κ3) is 4.89. The molecule has 5 nitrogen and oxygen atoms in total. The van der Waals surface area contributed by atoms with E-state index in [2.05, 4.69) is 0 Å². The number of hydrogen-bond acceptors (Lipinski definition) is 3. The molecule has 26 heavy (non-hydrogen) atoms. The Labute approximate surface area is 148 Å². The molecule has 2 rings (SSSR count). The van der Waals surface area contributed by atoms with Crippen LogP contribution in [0.5, 0.6) is 0 Å². The molecule has 0 aliphatic rings. The standard InChI is InChI=1S/C19H17F2NO4/c1-22(18(24)11-17(23)19(25)26)16(13-4-8-15(21)9-5-13)10-12-2-6-14(20)7-3-12/h2-9,11,16,23H,10H2,1H3,(H,25,26)/b17-11-. The summed E-state index contributed by atoms with van der Waals surface area (Å²) in [6, 6.07) is 10.6. The number of rotatable bonds is 6. The Bertz CT molecular complexity index is 816. The maximum Gasteiger partial charge on any atom is 0.371 e. The molecule has 1 amide bonds. The molecule has 0 fully saturated rings. The number of amides is 1. The first-order valence-electron chi connectivity index (χ1n) is 7.68. The third-order valence-electron chi connectivity index (χ3n) is 3.89. The number of benzene rings is 2. The molecule has 0 saturated carbocycles. The summed E-state index contributed by atoms with van der Waals surface area (Å²) in [6.45, 7) is 0. The highest BCUT2D eigenvalue weighted by Gasteiger charge is 2.22. The van der Waals surface area contributed by atoms with E-state index in [4.69, 9.17) is 5.11 Å². The molecule has 0 aliphatic carbocycles.